The molecule has 0 aromatic rings. The first-order valence-electron chi connectivity index (χ1n) is 3.81. The van der Waals surface area contributed by atoms with Crippen molar-refractivity contribution in [2.24, 2.45) is 11.8 Å². The molecule has 0 heterocycles. The Labute approximate surface area is 63.1 Å². The number of hydrogen-bond acceptors (Lipinski definition) is 1. The van der Waals surface area contributed by atoms with Crippen LogP contribution in [0.1, 0.15) is 27.7 Å². The van der Waals surface area contributed by atoms with Gasteiger partial charge in [-0.25, -0.2) is 4.74 Å². The Kier molecular flexibility index (Phi) is 4.08. The zero-order valence-electron chi connectivity index (χ0n) is 7.29. The summed E-state index contributed by atoms with van der Waals surface area (Å²) in [6.45, 7) is 8.70. The van der Waals surface area contributed by atoms with Gasteiger partial charge in [-0.15, -0.1) is 0 Å². The predicted molar refractivity (Wildman–Crippen MR) is 44.2 cm³/mol. The monoisotopic (exact) mass is 143 g/mol. The van der Waals surface area contributed by atoms with Crippen molar-refractivity contribution in [3.63, 3.8) is 0 Å². The van der Waals surface area contributed by atoms with Crippen LogP contribution in [0.5, 0.6) is 0 Å². The van der Waals surface area contributed by atoms with Gasteiger partial charge in [0.2, 0.25) is 0 Å². The molecule has 10 heavy (non-hydrogen) atoms. The first kappa shape index (κ1) is 9.47. The minimum absolute atomic E-state index is 0.358. The van der Waals surface area contributed by atoms with Gasteiger partial charge in [-0.3, -0.25) is 0 Å². The van der Waals surface area contributed by atoms with Crippen LogP contribution in [0.15, 0.2) is 0 Å². The molecule has 0 saturated heterocycles. The van der Waals surface area contributed by atoms with Gasteiger partial charge < -0.3 is 5.21 Å². The van der Waals surface area contributed by atoms with Gasteiger partial charge in [0.05, 0.1) is 0 Å². The zero-order chi connectivity index (χ0) is 8.15. The number of hydroxylamine groups is 1. The molecule has 0 aliphatic heterocycles. The molecular formula is C8H17NO. The van der Waals surface area contributed by atoms with Crippen LogP contribution in [0.3, 0.4) is 0 Å². The fourth-order valence-corrected chi connectivity index (χ4v) is 0.753. The molecule has 0 atom stereocenters. The van der Waals surface area contributed by atoms with Crippen molar-refractivity contribution in [3.05, 3.63) is 5.21 Å². The fourth-order valence-electron chi connectivity index (χ4n) is 0.753. The summed E-state index contributed by atoms with van der Waals surface area (Å²) in [5.41, 5.74) is 0. The maximum absolute atomic E-state index is 10.9. The Balaban J connectivity index is 3.71. The minimum Gasteiger partial charge on any atom is -0.624 e. The fraction of sp³-hybridized carbons (Fsp3) is 0.875. The van der Waals surface area contributed by atoms with Gasteiger partial charge in [0.15, 0.2) is 12.8 Å². The third-order valence-corrected chi connectivity index (χ3v) is 1.01. The van der Waals surface area contributed by atoms with Crippen molar-refractivity contribution in [3.8, 4) is 0 Å². The van der Waals surface area contributed by atoms with Gasteiger partial charge in [0.1, 0.15) is 0 Å². The molecule has 0 fully saturated rings. The maximum Gasteiger partial charge on any atom is 0.155 e. The van der Waals surface area contributed by atoms with E-state index < -0.39 is 0 Å². The summed E-state index contributed by atoms with van der Waals surface area (Å²) >= 11 is 0. The van der Waals surface area contributed by atoms with Gasteiger partial charge in [-0.05, 0) is 0 Å². The number of rotatable bonds is 3. The summed E-state index contributed by atoms with van der Waals surface area (Å²) in [7, 11) is 0. The Morgan fingerprint density at radius 2 is 1.80 bits per heavy atom. The molecule has 0 unspecified atom stereocenters. The molecule has 0 bridgehead atoms. The van der Waals surface area contributed by atoms with Crippen molar-refractivity contribution < 1.29 is 4.74 Å². The molecule has 0 spiro atoms. The first-order valence-corrected chi connectivity index (χ1v) is 3.81. The predicted octanol–water partition coefficient (Wildman–Crippen LogP) is 1.88. The second-order valence-corrected chi connectivity index (χ2v) is 3.39. The quantitative estimate of drug-likeness (QED) is 0.256. The van der Waals surface area contributed by atoms with Crippen molar-refractivity contribution in [2.75, 3.05) is 6.54 Å². The highest BCUT2D eigenvalue weighted by Gasteiger charge is 1.99. The molecule has 2 heteroatoms. The van der Waals surface area contributed by atoms with Crippen molar-refractivity contribution in [1.82, 2.24) is 0 Å². The zero-order valence-corrected chi connectivity index (χ0v) is 7.29. The average Bonchev–Trinajstić information content (AvgIpc) is 1.58. The molecule has 0 amide bonds. The molecule has 0 aromatic heterocycles. The van der Waals surface area contributed by atoms with Crippen LogP contribution in [0.4, 0.5) is 0 Å². The van der Waals surface area contributed by atoms with Gasteiger partial charge in [-0.2, -0.15) is 0 Å². The number of nitrogens with zero attached hydrogens (tertiary/aromatic N) is 1. The van der Waals surface area contributed by atoms with E-state index in [0.29, 0.717) is 18.4 Å². The molecule has 0 rings (SSSR count). The lowest BCUT2D eigenvalue weighted by molar-refractivity contribution is -0.462. The third-order valence-electron chi connectivity index (χ3n) is 1.01. The molecule has 0 saturated carbocycles. The highest BCUT2D eigenvalue weighted by atomic mass is 16.5. The van der Waals surface area contributed by atoms with Crippen LogP contribution in [-0.4, -0.2) is 17.5 Å². The summed E-state index contributed by atoms with van der Waals surface area (Å²) in [6, 6.07) is 0. The Hall–Kier alpha value is -0.530. The Morgan fingerprint density at radius 3 is 2.10 bits per heavy atom. The second-order valence-electron chi connectivity index (χ2n) is 3.39. The van der Waals surface area contributed by atoms with Crippen LogP contribution in [0.2, 0.25) is 0 Å². The Morgan fingerprint density at radius 1 is 1.30 bits per heavy atom. The summed E-state index contributed by atoms with van der Waals surface area (Å²) in [5.74, 6) is 0.809. The van der Waals surface area contributed by atoms with E-state index >= 15 is 0 Å². The number of hydrogen-bond donors (Lipinski definition) is 0. The van der Waals surface area contributed by atoms with Crippen LogP contribution in [0, 0.1) is 17.0 Å². The topological polar surface area (TPSA) is 26.1 Å². The summed E-state index contributed by atoms with van der Waals surface area (Å²) < 4.78 is 1.02. The van der Waals surface area contributed by atoms with Crippen molar-refractivity contribution >= 4 is 6.21 Å². The average molecular weight is 143 g/mol. The van der Waals surface area contributed by atoms with E-state index in [1.54, 1.807) is 6.21 Å². The van der Waals surface area contributed by atoms with Crippen molar-refractivity contribution in [2.45, 2.75) is 27.7 Å². The lowest BCUT2D eigenvalue weighted by Gasteiger charge is -2.06. The molecule has 0 N–H and O–H groups in total. The molecule has 0 aromatic carbocycles. The van der Waals surface area contributed by atoms with Gasteiger partial charge in [0.25, 0.3) is 0 Å². The highest BCUT2D eigenvalue weighted by molar-refractivity contribution is 5.53. The summed E-state index contributed by atoms with van der Waals surface area (Å²) in [5, 5.41) is 10.9. The van der Waals surface area contributed by atoms with E-state index in [0.717, 1.165) is 4.74 Å². The molecule has 2 nitrogen and oxygen atoms in total. The molecule has 60 valence electrons. The third kappa shape index (κ3) is 5.60. The summed E-state index contributed by atoms with van der Waals surface area (Å²) in [6.07, 6.45) is 1.71. The van der Waals surface area contributed by atoms with E-state index in [-0.39, 0.29) is 0 Å². The molecule has 0 radical (unpaired) electrons. The first-order chi connectivity index (χ1) is 4.52. The van der Waals surface area contributed by atoms with E-state index in [9.17, 15) is 5.21 Å². The lowest BCUT2D eigenvalue weighted by atomic mass is 10.2. The largest absolute Gasteiger partial charge is 0.624 e. The van der Waals surface area contributed by atoms with E-state index in [2.05, 4.69) is 0 Å². The highest BCUT2D eigenvalue weighted by Crippen LogP contribution is 1.92. The van der Waals surface area contributed by atoms with Crippen LogP contribution in [0.25, 0.3) is 0 Å². The molecular weight excluding hydrogens is 126 g/mol. The smallest absolute Gasteiger partial charge is 0.155 e. The van der Waals surface area contributed by atoms with E-state index in [4.69, 9.17) is 0 Å². The SMILES string of the molecule is CC(C)/C=[N+](\[O-])CC(C)C. The minimum atomic E-state index is 0.358. The summed E-state index contributed by atoms with van der Waals surface area (Å²) in [4.78, 5) is 0. The molecule has 0 aliphatic carbocycles. The van der Waals surface area contributed by atoms with Gasteiger partial charge in [0, 0.05) is 11.8 Å². The van der Waals surface area contributed by atoms with Crippen LogP contribution < -0.4 is 0 Å². The standard InChI is InChI=1S/C8H17NO/c1-7(2)5-9(10)6-8(3)4/h5,7-8H,6H2,1-4H3/b9-5-. The Bertz CT molecular complexity index is 116. The van der Waals surface area contributed by atoms with Gasteiger partial charge in [-0.1, -0.05) is 27.7 Å². The van der Waals surface area contributed by atoms with E-state index in [1.807, 2.05) is 27.7 Å². The molecule has 0 aliphatic rings. The van der Waals surface area contributed by atoms with Crippen LogP contribution in [-0.2, 0) is 0 Å². The second kappa shape index (κ2) is 4.31. The van der Waals surface area contributed by atoms with Crippen molar-refractivity contribution in [1.29, 1.82) is 0 Å². The lowest BCUT2D eigenvalue weighted by Crippen LogP contribution is -2.14. The normalized spacial score (nSPS) is 13.2. The van der Waals surface area contributed by atoms with Gasteiger partial charge >= 0.3 is 0 Å². The van der Waals surface area contributed by atoms with Crippen LogP contribution >= 0.6 is 0 Å². The van der Waals surface area contributed by atoms with E-state index in [1.165, 1.54) is 0 Å². The maximum atomic E-state index is 10.9.